The van der Waals surface area contributed by atoms with Crippen LogP contribution < -0.4 is 4.90 Å². The van der Waals surface area contributed by atoms with E-state index in [1.807, 2.05) is 29.2 Å². The van der Waals surface area contributed by atoms with Crippen molar-refractivity contribution in [2.75, 3.05) is 18.0 Å². The predicted molar refractivity (Wildman–Crippen MR) is 65.3 cm³/mol. The highest BCUT2D eigenvalue weighted by Gasteiger charge is 2.30. The fourth-order valence-electron chi connectivity index (χ4n) is 2.12. The van der Waals surface area contributed by atoms with Gasteiger partial charge in [-0.25, -0.2) is 4.98 Å². The van der Waals surface area contributed by atoms with Gasteiger partial charge < -0.3 is 10.0 Å². The van der Waals surface area contributed by atoms with E-state index in [9.17, 15) is 4.79 Å². The Morgan fingerprint density at radius 1 is 1.28 bits per heavy atom. The van der Waals surface area contributed by atoms with Gasteiger partial charge in [0, 0.05) is 19.0 Å². The van der Waals surface area contributed by atoms with E-state index in [0.29, 0.717) is 19.0 Å². The Balaban J connectivity index is 1.74. The first kappa shape index (κ1) is 10.9. The van der Waals surface area contributed by atoms with Crippen molar-refractivity contribution >= 4 is 23.0 Å². The number of benzene rings is 1. The maximum Gasteiger partial charge on any atom is 0.303 e. The first-order valence-corrected chi connectivity index (χ1v) is 5.78. The third kappa shape index (κ3) is 1.97. The van der Waals surface area contributed by atoms with Gasteiger partial charge in [-0.05, 0) is 12.1 Å². The largest absolute Gasteiger partial charge is 0.481 e. The van der Waals surface area contributed by atoms with Crippen LogP contribution in [0.1, 0.15) is 6.42 Å². The molecule has 1 N–H and O–H groups in total. The van der Waals surface area contributed by atoms with Crippen LogP contribution in [0.3, 0.4) is 0 Å². The summed E-state index contributed by atoms with van der Waals surface area (Å²) in [5, 5.41) is 16.8. The van der Waals surface area contributed by atoms with E-state index >= 15 is 0 Å². The smallest absolute Gasteiger partial charge is 0.303 e. The van der Waals surface area contributed by atoms with Crippen molar-refractivity contribution in [2.45, 2.75) is 6.42 Å². The monoisotopic (exact) mass is 244 g/mol. The molecule has 1 aliphatic rings. The van der Waals surface area contributed by atoms with Crippen LogP contribution in [0, 0.1) is 5.92 Å². The van der Waals surface area contributed by atoms with Gasteiger partial charge in [-0.3, -0.25) is 4.79 Å². The van der Waals surface area contributed by atoms with Crippen LogP contribution in [0.4, 0.5) is 5.95 Å². The number of para-hydroxylation sites is 1. The highest BCUT2D eigenvalue weighted by Crippen LogP contribution is 2.23. The lowest BCUT2D eigenvalue weighted by atomic mass is 9.97. The van der Waals surface area contributed by atoms with Gasteiger partial charge in [0.2, 0.25) is 5.95 Å². The number of hydrogen-bond acceptors (Lipinski definition) is 5. The van der Waals surface area contributed by atoms with Gasteiger partial charge >= 0.3 is 5.97 Å². The normalized spacial score (nSPS) is 15.7. The molecule has 1 aromatic heterocycles. The summed E-state index contributed by atoms with van der Waals surface area (Å²) < 4.78 is 0. The molecule has 1 aromatic carbocycles. The number of carbonyl (C=O) groups is 1. The molecule has 2 aromatic rings. The predicted octanol–water partition coefficient (Wildman–Crippen LogP) is 0.936. The molecule has 18 heavy (non-hydrogen) atoms. The van der Waals surface area contributed by atoms with Gasteiger partial charge in [-0.2, -0.15) is 0 Å². The maximum atomic E-state index is 10.6. The zero-order valence-electron chi connectivity index (χ0n) is 9.65. The van der Waals surface area contributed by atoms with E-state index < -0.39 is 5.97 Å². The summed E-state index contributed by atoms with van der Waals surface area (Å²) >= 11 is 0. The van der Waals surface area contributed by atoms with Crippen LogP contribution in [0.15, 0.2) is 24.3 Å². The van der Waals surface area contributed by atoms with Gasteiger partial charge in [0.1, 0.15) is 5.52 Å². The quantitative estimate of drug-likeness (QED) is 0.865. The Hall–Kier alpha value is -2.24. The summed E-state index contributed by atoms with van der Waals surface area (Å²) in [5.74, 6) is 0.0186. The minimum absolute atomic E-state index is 0.192. The number of fused-ring (bicyclic) bond motifs is 1. The highest BCUT2D eigenvalue weighted by molar-refractivity contribution is 5.74. The summed E-state index contributed by atoms with van der Waals surface area (Å²) in [6, 6.07) is 7.56. The molecule has 0 saturated carbocycles. The van der Waals surface area contributed by atoms with Crippen molar-refractivity contribution in [1.82, 2.24) is 15.2 Å². The number of carboxylic acid groups (broad SMARTS) is 1. The molecule has 0 bridgehead atoms. The second-order valence-electron chi connectivity index (χ2n) is 4.47. The van der Waals surface area contributed by atoms with Crippen LogP contribution in [0.25, 0.3) is 11.0 Å². The van der Waals surface area contributed by atoms with Gasteiger partial charge in [0.15, 0.2) is 0 Å². The van der Waals surface area contributed by atoms with E-state index in [1.54, 1.807) is 0 Å². The topological polar surface area (TPSA) is 79.2 Å². The molecule has 6 nitrogen and oxygen atoms in total. The number of nitrogens with zero attached hydrogens (tertiary/aromatic N) is 4. The Bertz CT molecular complexity index is 595. The molecule has 0 unspecified atom stereocenters. The molecule has 3 rings (SSSR count). The third-order valence-electron chi connectivity index (χ3n) is 3.05. The average molecular weight is 244 g/mol. The second-order valence-corrected chi connectivity index (χ2v) is 4.47. The third-order valence-corrected chi connectivity index (χ3v) is 3.05. The Morgan fingerprint density at radius 2 is 2.00 bits per heavy atom. The van der Waals surface area contributed by atoms with Crippen LogP contribution >= 0.6 is 0 Å². The van der Waals surface area contributed by atoms with Gasteiger partial charge in [-0.1, -0.05) is 12.1 Å². The molecule has 0 radical (unpaired) electrons. The lowest BCUT2D eigenvalue weighted by Crippen LogP contribution is -2.48. The van der Waals surface area contributed by atoms with Gasteiger partial charge in [0.05, 0.1) is 11.9 Å². The molecule has 0 amide bonds. The van der Waals surface area contributed by atoms with E-state index in [1.165, 1.54) is 0 Å². The van der Waals surface area contributed by atoms with E-state index in [2.05, 4.69) is 15.2 Å². The molecular formula is C12H12N4O2. The van der Waals surface area contributed by atoms with Crippen molar-refractivity contribution in [3.05, 3.63) is 24.3 Å². The molecule has 0 aliphatic carbocycles. The Morgan fingerprint density at radius 3 is 2.72 bits per heavy atom. The SMILES string of the molecule is O=C(O)CC1CN(c2nnc3ccccc3n2)C1. The maximum absolute atomic E-state index is 10.6. The van der Waals surface area contributed by atoms with E-state index in [-0.39, 0.29) is 12.3 Å². The first-order valence-electron chi connectivity index (χ1n) is 5.78. The molecule has 0 spiro atoms. The standard InChI is InChI=1S/C12H12N4O2/c17-11(18)5-8-6-16(7-8)12-13-9-3-1-2-4-10(9)14-15-12/h1-4,8H,5-7H2,(H,17,18). The summed E-state index contributed by atoms with van der Waals surface area (Å²) in [5.41, 5.74) is 1.58. The molecule has 92 valence electrons. The Kier molecular flexibility index (Phi) is 2.55. The molecule has 1 fully saturated rings. The zero-order valence-corrected chi connectivity index (χ0v) is 9.65. The average Bonchev–Trinajstić information content (AvgIpc) is 2.32. The number of aromatic nitrogens is 3. The summed E-state index contributed by atoms with van der Waals surface area (Å²) in [6.45, 7) is 1.37. The Labute approximate surface area is 103 Å². The molecular weight excluding hydrogens is 232 g/mol. The number of rotatable bonds is 3. The van der Waals surface area contributed by atoms with Crippen molar-refractivity contribution in [2.24, 2.45) is 5.92 Å². The highest BCUT2D eigenvalue weighted by atomic mass is 16.4. The van der Waals surface area contributed by atoms with Crippen molar-refractivity contribution in [3.63, 3.8) is 0 Å². The van der Waals surface area contributed by atoms with Crippen molar-refractivity contribution < 1.29 is 9.90 Å². The first-order chi connectivity index (χ1) is 8.72. The lowest BCUT2D eigenvalue weighted by molar-refractivity contribution is -0.138. The van der Waals surface area contributed by atoms with E-state index in [4.69, 9.17) is 5.11 Å². The number of anilines is 1. The summed E-state index contributed by atoms with van der Waals surface area (Å²) in [4.78, 5) is 16.9. The minimum Gasteiger partial charge on any atom is -0.481 e. The number of carboxylic acids is 1. The molecule has 1 aliphatic heterocycles. The van der Waals surface area contributed by atoms with Crippen LogP contribution in [0.5, 0.6) is 0 Å². The van der Waals surface area contributed by atoms with Gasteiger partial charge in [-0.15, -0.1) is 10.2 Å². The summed E-state index contributed by atoms with van der Waals surface area (Å²) in [6.07, 6.45) is 0.206. The minimum atomic E-state index is -0.753. The fraction of sp³-hybridized carbons (Fsp3) is 0.333. The van der Waals surface area contributed by atoms with Crippen molar-refractivity contribution in [3.8, 4) is 0 Å². The number of hydrogen-bond donors (Lipinski definition) is 1. The molecule has 2 heterocycles. The van der Waals surface area contributed by atoms with Gasteiger partial charge in [0.25, 0.3) is 0 Å². The summed E-state index contributed by atoms with van der Waals surface area (Å²) in [7, 11) is 0. The van der Waals surface area contributed by atoms with Crippen molar-refractivity contribution in [1.29, 1.82) is 0 Å². The molecule has 6 heteroatoms. The number of aliphatic carboxylic acids is 1. The lowest BCUT2D eigenvalue weighted by Gasteiger charge is -2.38. The van der Waals surface area contributed by atoms with E-state index in [0.717, 1.165) is 11.0 Å². The van der Waals surface area contributed by atoms with Crippen LogP contribution in [-0.4, -0.2) is 39.3 Å². The van der Waals surface area contributed by atoms with Crippen LogP contribution in [-0.2, 0) is 4.79 Å². The fourth-order valence-corrected chi connectivity index (χ4v) is 2.12. The molecule has 1 saturated heterocycles. The van der Waals surface area contributed by atoms with Crippen LogP contribution in [0.2, 0.25) is 0 Å². The second kappa shape index (κ2) is 4.21. The molecule has 0 atom stereocenters. The zero-order chi connectivity index (χ0) is 12.5.